The molecule has 1 unspecified atom stereocenters. The third-order valence-electron chi connectivity index (χ3n) is 5.94. The summed E-state index contributed by atoms with van der Waals surface area (Å²) < 4.78 is 35.0. The molecule has 1 aromatic carbocycles. The minimum Gasteiger partial charge on any atom is -0.490 e. The number of fused-ring (bicyclic) bond motifs is 1. The highest BCUT2D eigenvalue weighted by molar-refractivity contribution is 7.90. The Hall–Kier alpha value is -2.61. The van der Waals surface area contributed by atoms with Gasteiger partial charge in [-0.2, -0.15) is 0 Å². The third-order valence-corrected chi connectivity index (χ3v) is 7.04. The largest absolute Gasteiger partial charge is 0.490 e. The van der Waals surface area contributed by atoms with Crippen molar-refractivity contribution in [2.75, 3.05) is 19.3 Å². The molecule has 2 aromatic rings. The normalized spacial score (nSPS) is 19.4. The van der Waals surface area contributed by atoms with E-state index in [0.717, 1.165) is 41.8 Å². The van der Waals surface area contributed by atoms with E-state index in [1.54, 1.807) is 17.0 Å². The van der Waals surface area contributed by atoms with Gasteiger partial charge in [-0.05, 0) is 75.4 Å². The number of hydrogen-bond donors (Lipinski definition) is 0. The first-order valence-corrected chi connectivity index (χ1v) is 12.8. The summed E-state index contributed by atoms with van der Waals surface area (Å²) in [6.07, 6.45) is 5.02. The van der Waals surface area contributed by atoms with E-state index in [4.69, 9.17) is 9.47 Å². The Labute approximate surface area is 189 Å². The van der Waals surface area contributed by atoms with Gasteiger partial charge in [0.15, 0.2) is 9.84 Å². The molecule has 0 N–H and O–H groups in total. The smallest absolute Gasteiger partial charge is 0.410 e. The topological polar surface area (TPSA) is 85.8 Å². The van der Waals surface area contributed by atoms with Crippen LogP contribution in [-0.2, 0) is 21.0 Å². The highest BCUT2D eigenvalue weighted by Gasteiger charge is 2.35. The average molecular weight is 459 g/mol. The zero-order valence-corrected chi connectivity index (χ0v) is 19.8. The summed E-state index contributed by atoms with van der Waals surface area (Å²) in [5.41, 5.74) is 2.32. The molecular weight excluding hydrogens is 428 g/mol. The van der Waals surface area contributed by atoms with Crippen LogP contribution in [0.1, 0.15) is 39.2 Å². The van der Waals surface area contributed by atoms with E-state index in [1.807, 2.05) is 32.9 Å². The maximum atomic E-state index is 12.3. The minimum absolute atomic E-state index is 0.0987. The summed E-state index contributed by atoms with van der Waals surface area (Å²) in [6, 6.07) is 9.31. The predicted octanol–water partition coefficient (Wildman–Crippen LogP) is 4.10. The summed E-state index contributed by atoms with van der Waals surface area (Å²) >= 11 is 0. The van der Waals surface area contributed by atoms with Gasteiger partial charge < -0.3 is 14.4 Å². The minimum atomic E-state index is -3.26. The molecule has 1 saturated heterocycles. The van der Waals surface area contributed by atoms with Crippen molar-refractivity contribution in [2.24, 2.45) is 5.92 Å². The molecule has 0 radical (unpaired) electrons. The van der Waals surface area contributed by atoms with Crippen molar-refractivity contribution in [3.8, 4) is 17.0 Å². The lowest BCUT2D eigenvalue weighted by atomic mass is 9.89. The van der Waals surface area contributed by atoms with E-state index >= 15 is 0 Å². The van der Waals surface area contributed by atoms with Gasteiger partial charge in [-0.15, -0.1) is 0 Å². The molecule has 8 heteroatoms. The van der Waals surface area contributed by atoms with Crippen molar-refractivity contribution in [1.29, 1.82) is 0 Å². The van der Waals surface area contributed by atoms with Crippen LogP contribution in [0, 0.1) is 5.92 Å². The highest BCUT2D eigenvalue weighted by Crippen LogP contribution is 2.37. The van der Waals surface area contributed by atoms with Crippen LogP contribution in [0.3, 0.4) is 0 Å². The standard InChI is InChI=1S/C24H30N2O5S/c1-24(2,3)31-23(27)26-11-9-16(10-12-26)22-14-18-13-17(5-8-21(18)30-22)20-7-6-19(15-25-20)32(4,28)29/h5-8,13,15-16,22H,9-12,14H2,1-4H3. The molecule has 2 aliphatic rings. The molecule has 172 valence electrons. The zero-order valence-electron chi connectivity index (χ0n) is 19.0. The number of carbonyl (C=O) groups is 1. The van der Waals surface area contributed by atoms with Crippen molar-refractivity contribution < 1.29 is 22.7 Å². The summed E-state index contributed by atoms with van der Waals surface area (Å²) in [5.74, 6) is 1.28. The Morgan fingerprint density at radius 3 is 2.47 bits per heavy atom. The fourth-order valence-corrected chi connectivity index (χ4v) is 4.81. The second-order valence-electron chi connectivity index (χ2n) is 9.64. The number of carbonyl (C=O) groups excluding carboxylic acids is 1. The molecule has 0 spiro atoms. The lowest BCUT2D eigenvalue weighted by molar-refractivity contribution is 0.0123. The van der Waals surface area contributed by atoms with Gasteiger partial charge in [0.1, 0.15) is 17.5 Å². The Kier molecular flexibility index (Phi) is 5.92. The van der Waals surface area contributed by atoms with Crippen molar-refractivity contribution in [3.63, 3.8) is 0 Å². The highest BCUT2D eigenvalue weighted by atomic mass is 32.2. The first-order valence-electron chi connectivity index (χ1n) is 10.9. The first kappa shape index (κ1) is 22.6. The molecule has 3 heterocycles. The van der Waals surface area contributed by atoms with Gasteiger partial charge in [-0.1, -0.05) is 0 Å². The molecule has 2 aliphatic heterocycles. The van der Waals surface area contributed by atoms with Crippen LogP contribution in [-0.4, -0.2) is 55.4 Å². The lowest BCUT2D eigenvalue weighted by Gasteiger charge is -2.35. The summed E-state index contributed by atoms with van der Waals surface area (Å²) in [5, 5.41) is 0. The molecule has 1 atom stereocenters. The van der Waals surface area contributed by atoms with Crippen LogP contribution in [0.2, 0.25) is 0 Å². The lowest BCUT2D eigenvalue weighted by Crippen LogP contribution is -2.44. The molecule has 4 rings (SSSR count). The number of rotatable bonds is 3. The van der Waals surface area contributed by atoms with Crippen LogP contribution in [0.4, 0.5) is 4.79 Å². The molecule has 7 nitrogen and oxygen atoms in total. The van der Waals surface area contributed by atoms with Gasteiger partial charge in [0, 0.05) is 37.5 Å². The number of likely N-dealkylation sites (tertiary alicyclic amines) is 1. The van der Waals surface area contributed by atoms with Crippen LogP contribution < -0.4 is 4.74 Å². The Morgan fingerprint density at radius 1 is 1.16 bits per heavy atom. The second kappa shape index (κ2) is 8.39. The first-order chi connectivity index (χ1) is 15.0. The van der Waals surface area contributed by atoms with E-state index in [0.29, 0.717) is 19.0 Å². The summed E-state index contributed by atoms with van der Waals surface area (Å²) in [6.45, 7) is 7.00. The van der Waals surface area contributed by atoms with Crippen molar-refractivity contribution in [1.82, 2.24) is 9.88 Å². The molecule has 32 heavy (non-hydrogen) atoms. The molecule has 0 saturated carbocycles. The van der Waals surface area contributed by atoms with Crippen LogP contribution in [0.15, 0.2) is 41.4 Å². The monoisotopic (exact) mass is 458 g/mol. The van der Waals surface area contributed by atoms with E-state index in [-0.39, 0.29) is 17.1 Å². The summed E-state index contributed by atoms with van der Waals surface area (Å²) in [7, 11) is -3.26. The zero-order chi connectivity index (χ0) is 23.1. The number of amides is 1. The number of hydrogen-bond acceptors (Lipinski definition) is 6. The maximum Gasteiger partial charge on any atom is 0.410 e. The van der Waals surface area contributed by atoms with Gasteiger partial charge in [0.2, 0.25) is 0 Å². The van der Waals surface area contributed by atoms with Crippen molar-refractivity contribution >= 4 is 15.9 Å². The van der Waals surface area contributed by atoms with Crippen molar-refractivity contribution in [3.05, 3.63) is 42.1 Å². The number of ether oxygens (including phenoxy) is 2. The van der Waals surface area contributed by atoms with Crippen molar-refractivity contribution in [2.45, 2.75) is 56.6 Å². The predicted molar refractivity (Wildman–Crippen MR) is 121 cm³/mol. The molecule has 1 aromatic heterocycles. The fourth-order valence-electron chi connectivity index (χ4n) is 4.25. The number of piperidine rings is 1. The van der Waals surface area contributed by atoms with Crippen LogP contribution >= 0.6 is 0 Å². The van der Waals surface area contributed by atoms with E-state index < -0.39 is 15.4 Å². The molecule has 0 aliphatic carbocycles. The van der Waals surface area contributed by atoms with Crippen LogP contribution in [0.5, 0.6) is 5.75 Å². The van der Waals surface area contributed by atoms with E-state index in [1.165, 1.54) is 12.5 Å². The molecular formula is C24H30N2O5S. The van der Waals surface area contributed by atoms with Crippen LogP contribution in [0.25, 0.3) is 11.3 Å². The van der Waals surface area contributed by atoms with Gasteiger partial charge in [0.05, 0.1) is 10.6 Å². The number of nitrogens with zero attached hydrogens (tertiary/aromatic N) is 2. The van der Waals surface area contributed by atoms with E-state index in [9.17, 15) is 13.2 Å². The van der Waals surface area contributed by atoms with E-state index in [2.05, 4.69) is 11.1 Å². The van der Waals surface area contributed by atoms with Gasteiger partial charge in [0.25, 0.3) is 0 Å². The Balaban J connectivity index is 1.38. The average Bonchev–Trinajstić information content (AvgIpc) is 3.15. The van der Waals surface area contributed by atoms with Gasteiger partial charge in [-0.25, -0.2) is 13.2 Å². The number of benzene rings is 1. The number of sulfone groups is 1. The van der Waals surface area contributed by atoms with Gasteiger partial charge >= 0.3 is 6.09 Å². The SMILES string of the molecule is CC(C)(C)OC(=O)N1CCC(C2Cc3cc(-c4ccc(S(C)(=O)=O)cn4)ccc3O2)CC1. The fraction of sp³-hybridized carbons (Fsp3) is 0.500. The molecule has 1 fully saturated rings. The number of pyridine rings is 1. The quantitative estimate of drug-likeness (QED) is 0.688. The Bertz CT molecular complexity index is 1100. The molecule has 0 bridgehead atoms. The molecule has 1 amide bonds. The van der Waals surface area contributed by atoms with Gasteiger partial charge in [-0.3, -0.25) is 4.98 Å². The third kappa shape index (κ3) is 5.06. The summed E-state index contributed by atoms with van der Waals surface area (Å²) in [4.78, 5) is 18.6. The number of aromatic nitrogens is 1. The Morgan fingerprint density at radius 2 is 1.88 bits per heavy atom. The maximum absolute atomic E-state index is 12.3. The second-order valence-corrected chi connectivity index (χ2v) is 11.7.